The van der Waals surface area contributed by atoms with Gasteiger partial charge in [-0.1, -0.05) is 0 Å². The molecule has 1 saturated heterocycles. The summed E-state index contributed by atoms with van der Waals surface area (Å²) in [6.45, 7) is 1.77. The van der Waals surface area contributed by atoms with E-state index in [1.807, 2.05) is 0 Å². The predicted octanol–water partition coefficient (Wildman–Crippen LogP) is -1.17. The van der Waals surface area contributed by atoms with Crippen LogP contribution in [0.15, 0.2) is 27.5 Å². The summed E-state index contributed by atoms with van der Waals surface area (Å²) in [5.74, 6) is -1.46. The normalized spacial score (nSPS) is 33.4. The molecule has 0 radical (unpaired) electrons. The molecule has 9 heteroatoms. The van der Waals surface area contributed by atoms with Crippen LogP contribution in [0.2, 0.25) is 0 Å². The summed E-state index contributed by atoms with van der Waals surface area (Å²) in [6.07, 6.45) is -0.969. The minimum Gasteiger partial charge on any atom is -0.449 e. The smallest absolute Gasteiger partial charge is 0.404 e. The van der Waals surface area contributed by atoms with Crippen molar-refractivity contribution in [3.8, 4) is 0 Å². The van der Waals surface area contributed by atoms with Crippen LogP contribution in [0.3, 0.4) is 0 Å². The van der Waals surface area contributed by atoms with Gasteiger partial charge in [0.05, 0.1) is 23.0 Å². The minimum atomic E-state index is -1.10. The average molecular weight is 332 g/mol. The number of ketones is 2. The molecule has 0 spiro atoms. The molecule has 126 valence electrons. The fourth-order valence-electron chi connectivity index (χ4n) is 4.01. The lowest BCUT2D eigenvalue weighted by Gasteiger charge is -2.36. The molecule has 0 bridgehead atoms. The van der Waals surface area contributed by atoms with Crippen LogP contribution < -0.4 is 11.5 Å². The lowest BCUT2D eigenvalue weighted by atomic mass is 9.83. The Balaban J connectivity index is 1.86. The molecule has 4 rings (SSSR count). The third-order valence-corrected chi connectivity index (χ3v) is 5.16. The van der Waals surface area contributed by atoms with Crippen LogP contribution in [0, 0.1) is 5.92 Å². The number of aliphatic imine (C=N–C) groups is 1. The Morgan fingerprint density at radius 3 is 2.75 bits per heavy atom. The van der Waals surface area contributed by atoms with Crippen molar-refractivity contribution in [2.75, 3.05) is 20.3 Å². The standard InChI is InChI=1S/C15H16N4O5/c1-5-9(16)12(21)8-6(4-24-14(17)22)15(23-2)13-7(18-13)3-19(15)10(8)11(5)20/h6-7H,3-4,16H2,1-2H3,(H2,17,22)/t6?,7-,15+/m0/s1. The van der Waals surface area contributed by atoms with E-state index in [2.05, 4.69) is 4.99 Å². The van der Waals surface area contributed by atoms with Crippen molar-refractivity contribution in [3.63, 3.8) is 0 Å². The Morgan fingerprint density at radius 1 is 1.42 bits per heavy atom. The highest BCUT2D eigenvalue weighted by Crippen LogP contribution is 2.54. The lowest BCUT2D eigenvalue weighted by Crippen LogP contribution is -2.52. The second-order valence-corrected chi connectivity index (χ2v) is 6.18. The van der Waals surface area contributed by atoms with Crippen LogP contribution in [0.5, 0.6) is 0 Å². The Kier molecular flexibility index (Phi) is 2.75. The molecular formula is C15H16N4O5. The Labute approximate surface area is 136 Å². The Bertz CT molecular complexity index is 811. The number of nitrogens with zero attached hydrogens (tertiary/aromatic N) is 2. The van der Waals surface area contributed by atoms with Crippen molar-refractivity contribution in [1.82, 2.24) is 4.90 Å². The first kappa shape index (κ1) is 14.9. The van der Waals surface area contributed by atoms with Crippen molar-refractivity contribution in [2.24, 2.45) is 22.4 Å². The van der Waals surface area contributed by atoms with E-state index in [1.54, 1.807) is 4.90 Å². The first-order valence-corrected chi connectivity index (χ1v) is 7.47. The molecular weight excluding hydrogens is 316 g/mol. The zero-order valence-electron chi connectivity index (χ0n) is 13.2. The Morgan fingerprint density at radius 2 is 2.12 bits per heavy atom. The number of ether oxygens (including phenoxy) is 2. The molecule has 3 atom stereocenters. The number of carbonyl (C=O) groups excluding carboxylic acids is 3. The molecule has 3 heterocycles. The number of hydrogen-bond donors (Lipinski definition) is 2. The first-order chi connectivity index (χ1) is 11.3. The molecule has 1 aliphatic carbocycles. The van der Waals surface area contributed by atoms with Crippen molar-refractivity contribution >= 4 is 23.4 Å². The third-order valence-electron chi connectivity index (χ3n) is 5.16. The van der Waals surface area contributed by atoms with Gasteiger partial charge in [0, 0.05) is 24.8 Å². The summed E-state index contributed by atoms with van der Waals surface area (Å²) in [6, 6.07) is -0.0402. The van der Waals surface area contributed by atoms with E-state index in [4.69, 9.17) is 20.9 Å². The summed E-state index contributed by atoms with van der Waals surface area (Å²) in [7, 11) is 1.48. The lowest BCUT2D eigenvalue weighted by molar-refractivity contribution is -0.118. The van der Waals surface area contributed by atoms with E-state index in [0.717, 1.165) is 5.71 Å². The fourth-order valence-corrected chi connectivity index (χ4v) is 4.01. The van der Waals surface area contributed by atoms with E-state index in [-0.39, 0.29) is 41.0 Å². The maximum Gasteiger partial charge on any atom is 0.404 e. The zero-order valence-corrected chi connectivity index (χ0v) is 13.2. The molecule has 0 aromatic heterocycles. The van der Waals surface area contributed by atoms with Crippen LogP contribution in [-0.2, 0) is 19.1 Å². The largest absolute Gasteiger partial charge is 0.449 e. The van der Waals surface area contributed by atoms with Gasteiger partial charge in [-0.2, -0.15) is 0 Å². The molecule has 1 unspecified atom stereocenters. The van der Waals surface area contributed by atoms with Crippen molar-refractivity contribution < 1.29 is 23.9 Å². The minimum absolute atomic E-state index is 0.0402. The molecule has 0 saturated carbocycles. The third kappa shape index (κ3) is 1.52. The molecule has 4 N–H and O–H groups in total. The number of methoxy groups -OCH3 is 1. The quantitative estimate of drug-likeness (QED) is 0.621. The summed E-state index contributed by atoms with van der Waals surface area (Å²) >= 11 is 0. The second-order valence-electron chi connectivity index (χ2n) is 6.18. The predicted molar refractivity (Wildman–Crippen MR) is 80.6 cm³/mol. The number of hydrogen-bond acceptors (Lipinski definition) is 8. The number of allylic oxidation sites excluding steroid dienone is 2. The van der Waals surface area contributed by atoms with E-state index in [1.165, 1.54) is 14.0 Å². The number of nitrogens with two attached hydrogens (primary N) is 2. The monoisotopic (exact) mass is 332 g/mol. The topological polar surface area (TPSA) is 137 Å². The molecule has 24 heavy (non-hydrogen) atoms. The van der Waals surface area contributed by atoms with Crippen molar-refractivity contribution in [3.05, 3.63) is 22.5 Å². The van der Waals surface area contributed by atoms with Crippen molar-refractivity contribution in [1.29, 1.82) is 0 Å². The Hall–Kier alpha value is -2.68. The highest BCUT2D eigenvalue weighted by molar-refractivity contribution is 6.27. The van der Waals surface area contributed by atoms with Gasteiger partial charge in [0.15, 0.2) is 5.72 Å². The van der Waals surface area contributed by atoms with E-state index in [0.29, 0.717) is 6.54 Å². The van der Waals surface area contributed by atoms with Gasteiger partial charge in [0.25, 0.3) is 0 Å². The fraction of sp³-hybridized carbons (Fsp3) is 0.467. The molecule has 1 amide bonds. The van der Waals surface area contributed by atoms with Gasteiger partial charge in [-0.05, 0) is 6.92 Å². The van der Waals surface area contributed by atoms with Crippen LogP contribution in [-0.4, -0.2) is 60.3 Å². The van der Waals surface area contributed by atoms with Gasteiger partial charge in [-0.3, -0.25) is 14.6 Å². The summed E-state index contributed by atoms with van der Waals surface area (Å²) in [5, 5.41) is 0. The highest BCUT2D eigenvalue weighted by Gasteiger charge is 2.69. The van der Waals surface area contributed by atoms with Crippen LogP contribution in [0.4, 0.5) is 4.79 Å². The molecule has 0 aromatic carbocycles. The van der Waals surface area contributed by atoms with Gasteiger partial charge in [0.2, 0.25) is 11.6 Å². The van der Waals surface area contributed by atoms with Crippen LogP contribution in [0.1, 0.15) is 6.92 Å². The van der Waals surface area contributed by atoms with E-state index < -0.39 is 23.5 Å². The zero-order chi connectivity index (χ0) is 17.4. The molecule has 0 aromatic rings. The SMILES string of the molecule is CO[C@]12C3=N[C@H]3CN1C1=C(C(=O)C(N)=C(C)C1=O)C2COC(N)=O. The number of Topliss-reactive ketones (excluding diaryl/α,β-unsaturated/α-hetero) is 2. The second kappa shape index (κ2) is 4.44. The average Bonchev–Trinajstić information content (AvgIpc) is 3.16. The number of primary amides is 1. The van der Waals surface area contributed by atoms with Gasteiger partial charge >= 0.3 is 6.09 Å². The number of carbonyl (C=O) groups is 3. The molecule has 4 aliphatic rings. The van der Waals surface area contributed by atoms with Crippen molar-refractivity contribution in [2.45, 2.75) is 18.7 Å². The van der Waals surface area contributed by atoms with E-state index >= 15 is 0 Å². The number of rotatable bonds is 3. The number of fused-ring (bicyclic) bond motifs is 4. The van der Waals surface area contributed by atoms with Gasteiger partial charge in [0.1, 0.15) is 12.6 Å². The van der Waals surface area contributed by atoms with E-state index in [9.17, 15) is 14.4 Å². The molecule has 9 nitrogen and oxygen atoms in total. The molecule has 1 fully saturated rings. The van der Waals surface area contributed by atoms with Crippen LogP contribution >= 0.6 is 0 Å². The summed E-state index contributed by atoms with van der Waals surface area (Å²) in [5.41, 5.74) is 11.1. The first-order valence-electron chi connectivity index (χ1n) is 7.47. The maximum absolute atomic E-state index is 12.8. The maximum atomic E-state index is 12.8. The number of amides is 1. The van der Waals surface area contributed by atoms with Gasteiger partial charge in [-0.15, -0.1) is 0 Å². The highest BCUT2D eigenvalue weighted by atomic mass is 16.6. The summed E-state index contributed by atoms with van der Waals surface area (Å²) < 4.78 is 10.7. The summed E-state index contributed by atoms with van der Waals surface area (Å²) in [4.78, 5) is 42.7. The van der Waals surface area contributed by atoms with Gasteiger partial charge < -0.3 is 25.8 Å². The van der Waals surface area contributed by atoms with Crippen LogP contribution in [0.25, 0.3) is 0 Å². The molecule has 3 aliphatic heterocycles. The van der Waals surface area contributed by atoms with Gasteiger partial charge in [-0.25, -0.2) is 4.79 Å².